The van der Waals surface area contributed by atoms with Crippen LogP contribution in [0.1, 0.15) is 114 Å². The minimum absolute atomic E-state index is 0.0775. The molecule has 0 spiro atoms. The lowest BCUT2D eigenvalue weighted by Gasteiger charge is -2.39. The molecular weight excluding hydrogens is 684 g/mol. The van der Waals surface area contributed by atoms with E-state index >= 15 is 0 Å². The molecule has 4 aromatic carbocycles. The van der Waals surface area contributed by atoms with Crippen LogP contribution in [-0.4, -0.2) is 72.0 Å². The van der Waals surface area contributed by atoms with Crippen LogP contribution in [0.15, 0.2) is 48.5 Å². The van der Waals surface area contributed by atoms with Crippen LogP contribution in [-0.2, 0) is 50.8 Å². The van der Waals surface area contributed by atoms with Crippen LogP contribution in [0.25, 0.3) is 0 Å². The Hall–Kier alpha value is -5.40. The topological polar surface area (TPSA) is 186 Å². The first-order valence-electron chi connectivity index (χ1n) is 16.5. The van der Waals surface area contributed by atoms with Gasteiger partial charge in [0, 0.05) is 50.7 Å². The molecule has 4 N–H and O–H groups in total. The summed E-state index contributed by atoms with van der Waals surface area (Å²) in [4.78, 5) is 52.8. The fraction of sp³-hybridized carbons (Fsp3) is 0.317. The van der Waals surface area contributed by atoms with Crippen molar-refractivity contribution in [2.45, 2.75) is 59.5 Å². The van der Waals surface area contributed by atoms with Gasteiger partial charge >= 0.3 is 0 Å². The molecule has 0 amide bonds. The lowest BCUT2D eigenvalue weighted by atomic mass is 9.63. The Bertz CT molecular complexity index is 1960. The van der Waals surface area contributed by atoms with E-state index in [2.05, 4.69) is 0 Å². The zero-order valence-corrected chi connectivity index (χ0v) is 31.0. The van der Waals surface area contributed by atoms with Crippen LogP contribution in [0.3, 0.4) is 0 Å². The normalized spacial score (nSPS) is 11.5. The first-order valence-corrected chi connectivity index (χ1v) is 16.5. The summed E-state index contributed by atoms with van der Waals surface area (Å²) < 4.78 is 21.8. The molecule has 12 nitrogen and oxygen atoms in total. The van der Waals surface area contributed by atoms with Crippen molar-refractivity contribution in [2.24, 2.45) is 0 Å². The largest absolute Gasteiger partial charge is 0.507 e. The predicted molar refractivity (Wildman–Crippen MR) is 194 cm³/mol. The Morgan fingerprint density at radius 1 is 0.415 bits per heavy atom. The van der Waals surface area contributed by atoms with Crippen LogP contribution >= 0.6 is 0 Å². The SMILES string of the molecule is COCc1cc(C(c2cc(COC)c(O)c(C(C)=O)c2)(c2cc(COC)c(O)c(C(C)=O)c2)c2cc(C(C)=O)c(O)c(C(C)=O)c2)cc(COC)c1O. The summed E-state index contributed by atoms with van der Waals surface area (Å²) in [6, 6.07) is 12.2. The number of methoxy groups -OCH3 is 4. The van der Waals surface area contributed by atoms with Gasteiger partial charge in [0.05, 0.1) is 54.1 Å². The number of hydrogen-bond donors (Lipinski definition) is 4. The molecule has 0 atom stereocenters. The second-order valence-corrected chi connectivity index (χ2v) is 12.8. The van der Waals surface area contributed by atoms with Crippen molar-refractivity contribution >= 4 is 23.1 Å². The summed E-state index contributed by atoms with van der Waals surface area (Å²) in [5, 5.41) is 45.2. The van der Waals surface area contributed by atoms with E-state index in [1.807, 2.05) is 0 Å². The molecule has 0 fully saturated rings. The van der Waals surface area contributed by atoms with Gasteiger partial charge in [-0.25, -0.2) is 0 Å². The van der Waals surface area contributed by atoms with Crippen molar-refractivity contribution in [3.05, 3.63) is 115 Å². The Morgan fingerprint density at radius 3 is 0.906 bits per heavy atom. The number of phenols is 4. The summed E-state index contributed by atoms with van der Waals surface area (Å²) in [5.74, 6) is -3.49. The number of carbonyl (C=O) groups is 4. The molecule has 4 rings (SSSR count). The molecule has 0 aliphatic rings. The lowest BCUT2D eigenvalue weighted by molar-refractivity contribution is 0.0996. The highest BCUT2D eigenvalue weighted by Crippen LogP contribution is 2.51. The molecule has 4 aromatic rings. The van der Waals surface area contributed by atoms with Gasteiger partial charge in [-0.2, -0.15) is 0 Å². The average molecular weight is 729 g/mol. The van der Waals surface area contributed by atoms with Gasteiger partial charge < -0.3 is 39.4 Å². The van der Waals surface area contributed by atoms with E-state index in [4.69, 9.17) is 18.9 Å². The lowest BCUT2D eigenvalue weighted by Crippen LogP contribution is -2.33. The third-order valence-corrected chi connectivity index (χ3v) is 9.20. The summed E-state index contributed by atoms with van der Waals surface area (Å²) in [6.07, 6.45) is 0. The Balaban J connectivity index is 2.52. The fourth-order valence-corrected chi connectivity index (χ4v) is 6.79. The molecule has 0 unspecified atom stereocenters. The number of rotatable bonds is 16. The van der Waals surface area contributed by atoms with Crippen molar-refractivity contribution < 1.29 is 58.6 Å². The van der Waals surface area contributed by atoms with Crippen molar-refractivity contribution in [2.75, 3.05) is 28.4 Å². The maximum atomic E-state index is 13.2. The molecule has 0 aromatic heterocycles. The minimum atomic E-state index is -1.78. The van der Waals surface area contributed by atoms with E-state index in [1.165, 1.54) is 80.4 Å². The van der Waals surface area contributed by atoms with E-state index in [0.29, 0.717) is 16.7 Å². The van der Waals surface area contributed by atoms with Crippen LogP contribution in [0.5, 0.6) is 23.0 Å². The number of phenolic OH excluding ortho intramolecular Hbond substituents is 4. The van der Waals surface area contributed by atoms with Gasteiger partial charge in [-0.3, -0.25) is 19.2 Å². The zero-order chi connectivity index (χ0) is 39.4. The van der Waals surface area contributed by atoms with Crippen molar-refractivity contribution in [1.29, 1.82) is 0 Å². The first-order chi connectivity index (χ1) is 25.1. The van der Waals surface area contributed by atoms with E-state index in [9.17, 15) is 39.6 Å². The summed E-state index contributed by atoms with van der Waals surface area (Å²) in [6.45, 7) is 4.56. The average Bonchev–Trinajstić information content (AvgIpc) is 3.09. The smallest absolute Gasteiger partial charge is 0.163 e. The van der Waals surface area contributed by atoms with E-state index in [-0.39, 0.29) is 93.7 Å². The number of Topliss-reactive ketones (excluding diaryl/α,β-unsaturated/α-hetero) is 4. The molecule has 280 valence electrons. The third kappa shape index (κ3) is 7.58. The van der Waals surface area contributed by atoms with Gasteiger partial charge in [0.1, 0.15) is 23.0 Å². The van der Waals surface area contributed by atoms with Crippen LogP contribution in [0.4, 0.5) is 0 Å². The maximum absolute atomic E-state index is 13.2. The number of ether oxygens (including phenoxy) is 4. The highest BCUT2D eigenvalue weighted by atomic mass is 16.5. The molecule has 0 saturated carbocycles. The molecule has 53 heavy (non-hydrogen) atoms. The predicted octanol–water partition coefficient (Wildman–Crippen LogP) is 6.29. The van der Waals surface area contributed by atoms with E-state index in [0.717, 1.165) is 0 Å². The van der Waals surface area contributed by atoms with Crippen molar-refractivity contribution in [3.8, 4) is 23.0 Å². The van der Waals surface area contributed by atoms with Gasteiger partial charge in [0.2, 0.25) is 0 Å². The maximum Gasteiger partial charge on any atom is 0.163 e. The molecule has 0 radical (unpaired) electrons. The monoisotopic (exact) mass is 728 g/mol. The quantitative estimate of drug-likeness (QED) is 0.0748. The second-order valence-electron chi connectivity index (χ2n) is 12.8. The first kappa shape index (κ1) is 40.4. The highest BCUT2D eigenvalue weighted by Gasteiger charge is 2.43. The van der Waals surface area contributed by atoms with Gasteiger partial charge in [-0.1, -0.05) is 0 Å². The van der Waals surface area contributed by atoms with Gasteiger partial charge in [-0.15, -0.1) is 0 Å². The van der Waals surface area contributed by atoms with Crippen LogP contribution < -0.4 is 0 Å². The summed E-state index contributed by atoms with van der Waals surface area (Å²) in [5.41, 5.74) is -0.210. The van der Waals surface area contributed by atoms with Gasteiger partial charge in [-0.05, 0) is 98.5 Å². The summed E-state index contributed by atoms with van der Waals surface area (Å²) >= 11 is 0. The van der Waals surface area contributed by atoms with E-state index in [1.54, 1.807) is 24.3 Å². The number of ketones is 4. The molecule has 12 heteroatoms. The van der Waals surface area contributed by atoms with Gasteiger partial charge in [0.25, 0.3) is 0 Å². The van der Waals surface area contributed by atoms with E-state index < -0.39 is 34.3 Å². The molecule has 0 aliphatic heterocycles. The van der Waals surface area contributed by atoms with Crippen LogP contribution in [0, 0.1) is 0 Å². The third-order valence-electron chi connectivity index (χ3n) is 9.20. The minimum Gasteiger partial charge on any atom is -0.507 e. The number of hydrogen-bond acceptors (Lipinski definition) is 12. The molecule has 0 aliphatic carbocycles. The molecular formula is C41H44O12. The van der Waals surface area contributed by atoms with Gasteiger partial charge in [0.15, 0.2) is 23.1 Å². The molecule has 0 saturated heterocycles. The Morgan fingerprint density at radius 2 is 0.642 bits per heavy atom. The molecule has 0 heterocycles. The molecule has 0 bridgehead atoms. The highest BCUT2D eigenvalue weighted by molar-refractivity contribution is 6.05. The Labute approximate surface area is 307 Å². The Kier molecular flexibility index (Phi) is 12.6. The number of aromatic hydroxyl groups is 4. The number of carbonyl (C=O) groups excluding carboxylic acids is 4. The zero-order valence-electron chi connectivity index (χ0n) is 31.0. The van der Waals surface area contributed by atoms with Crippen molar-refractivity contribution in [3.63, 3.8) is 0 Å². The van der Waals surface area contributed by atoms with Crippen LogP contribution in [0.2, 0.25) is 0 Å². The standard InChI is InChI=1S/C41H44O12/c1-21(42)33-13-30(11-27(19-52-7)38(33)47)41(29-9-25(17-50-5)37(46)26(10-29)18-51-6,31-12-28(20-53-8)39(48)34(14-31)22(2)43)32-15-35(23(3)44)40(49)36(16-32)24(4)45/h9-16,46-49H,17-20H2,1-8H3. The number of benzene rings is 4. The summed E-state index contributed by atoms with van der Waals surface area (Å²) in [7, 11) is 5.71. The fourth-order valence-electron chi connectivity index (χ4n) is 6.79. The second kappa shape index (κ2) is 16.5. The van der Waals surface area contributed by atoms with Crippen molar-refractivity contribution in [1.82, 2.24) is 0 Å².